The van der Waals surface area contributed by atoms with Crippen molar-refractivity contribution in [3.63, 3.8) is 0 Å². The SMILES string of the molecule is CC(Br)C(=O)c1ccccc1CBr. The highest BCUT2D eigenvalue weighted by Gasteiger charge is 2.14. The van der Waals surface area contributed by atoms with Crippen molar-refractivity contribution in [2.24, 2.45) is 0 Å². The molecule has 1 nitrogen and oxygen atoms in total. The van der Waals surface area contributed by atoms with Gasteiger partial charge in [-0.1, -0.05) is 56.1 Å². The highest BCUT2D eigenvalue weighted by Crippen LogP contribution is 2.16. The fourth-order valence-corrected chi connectivity index (χ4v) is 1.83. The number of carbonyl (C=O) groups is 1. The number of hydrogen-bond acceptors (Lipinski definition) is 1. The van der Waals surface area contributed by atoms with Gasteiger partial charge in [0, 0.05) is 10.9 Å². The number of carbonyl (C=O) groups excluding carboxylic acids is 1. The molecule has 1 unspecified atom stereocenters. The zero-order chi connectivity index (χ0) is 9.84. The van der Waals surface area contributed by atoms with Crippen LogP contribution in [0.2, 0.25) is 0 Å². The van der Waals surface area contributed by atoms with E-state index in [2.05, 4.69) is 31.9 Å². The summed E-state index contributed by atoms with van der Waals surface area (Å²) in [6.07, 6.45) is 0. The molecule has 1 rings (SSSR count). The second-order valence-corrected chi connectivity index (χ2v) is 4.71. The first-order valence-corrected chi connectivity index (χ1v) is 6.02. The molecule has 70 valence electrons. The molecule has 0 aliphatic heterocycles. The van der Waals surface area contributed by atoms with Crippen LogP contribution in [0.4, 0.5) is 0 Å². The van der Waals surface area contributed by atoms with Crippen LogP contribution in [0, 0.1) is 0 Å². The van der Waals surface area contributed by atoms with Crippen molar-refractivity contribution in [2.45, 2.75) is 17.1 Å². The van der Waals surface area contributed by atoms with Crippen LogP contribution >= 0.6 is 31.9 Å². The molecule has 0 fully saturated rings. The van der Waals surface area contributed by atoms with Crippen LogP contribution in [-0.2, 0) is 5.33 Å². The van der Waals surface area contributed by atoms with Gasteiger partial charge in [-0.3, -0.25) is 4.79 Å². The van der Waals surface area contributed by atoms with Crippen LogP contribution in [0.15, 0.2) is 24.3 Å². The zero-order valence-electron chi connectivity index (χ0n) is 7.26. The maximum atomic E-state index is 11.7. The van der Waals surface area contributed by atoms with Gasteiger partial charge in [-0.25, -0.2) is 0 Å². The van der Waals surface area contributed by atoms with Crippen LogP contribution in [0.1, 0.15) is 22.8 Å². The molecule has 0 saturated heterocycles. The normalized spacial score (nSPS) is 12.5. The van der Waals surface area contributed by atoms with Gasteiger partial charge >= 0.3 is 0 Å². The Labute approximate surface area is 94.8 Å². The molecule has 1 aromatic rings. The van der Waals surface area contributed by atoms with Gasteiger partial charge in [0.05, 0.1) is 4.83 Å². The lowest BCUT2D eigenvalue weighted by Crippen LogP contribution is -2.11. The topological polar surface area (TPSA) is 17.1 Å². The van der Waals surface area contributed by atoms with Gasteiger partial charge in [0.2, 0.25) is 0 Å². The minimum absolute atomic E-state index is 0.118. The number of Topliss-reactive ketones (excluding diaryl/α,β-unsaturated/α-hetero) is 1. The van der Waals surface area contributed by atoms with E-state index in [1.165, 1.54) is 0 Å². The maximum absolute atomic E-state index is 11.7. The number of alkyl halides is 2. The van der Waals surface area contributed by atoms with Gasteiger partial charge in [-0.05, 0) is 12.5 Å². The summed E-state index contributed by atoms with van der Waals surface area (Å²) in [7, 11) is 0. The second-order valence-electron chi connectivity index (χ2n) is 2.77. The number of rotatable bonds is 3. The largest absolute Gasteiger partial charge is 0.293 e. The lowest BCUT2D eigenvalue weighted by molar-refractivity contribution is 0.0995. The third kappa shape index (κ3) is 2.64. The molecule has 1 aromatic carbocycles. The summed E-state index contributed by atoms with van der Waals surface area (Å²) in [5.41, 5.74) is 1.84. The molecule has 0 saturated carbocycles. The average Bonchev–Trinajstić information content (AvgIpc) is 2.16. The van der Waals surface area contributed by atoms with Crippen molar-refractivity contribution in [3.8, 4) is 0 Å². The van der Waals surface area contributed by atoms with E-state index in [-0.39, 0.29) is 10.6 Å². The van der Waals surface area contributed by atoms with E-state index >= 15 is 0 Å². The smallest absolute Gasteiger partial charge is 0.176 e. The minimum atomic E-state index is -0.118. The standard InChI is InChI=1S/C10H10Br2O/c1-7(12)10(13)9-5-3-2-4-8(9)6-11/h2-5,7H,6H2,1H3. The molecule has 0 radical (unpaired) electrons. The highest BCUT2D eigenvalue weighted by atomic mass is 79.9. The molecule has 1 atom stereocenters. The van der Waals surface area contributed by atoms with Crippen molar-refractivity contribution in [2.75, 3.05) is 0 Å². The fraction of sp³-hybridized carbons (Fsp3) is 0.300. The Balaban J connectivity index is 3.06. The number of benzene rings is 1. The first kappa shape index (κ1) is 10.9. The zero-order valence-corrected chi connectivity index (χ0v) is 10.4. The Morgan fingerprint density at radius 2 is 2.08 bits per heavy atom. The number of ketones is 1. The molecule has 0 aliphatic rings. The van der Waals surface area contributed by atoms with Crippen molar-refractivity contribution in [3.05, 3.63) is 35.4 Å². The summed E-state index contributed by atoms with van der Waals surface area (Å²) in [6, 6.07) is 7.63. The predicted molar refractivity (Wildman–Crippen MR) is 61.8 cm³/mol. The summed E-state index contributed by atoms with van der Waals surface area (Å²) in [6.45, 7) is 1.84. The quantitative estimate of drug-likeness (QED) is 0.616. The van der Waals surface area contributed by atoms with Gasteiger partial charge < -0.3 is 0 Å². The van der Waals surface area contributed by atoms with Gasteiger partial charge in [-0.15, -0.1) is 0 Å². The summed E-state index contributed by atoms with van der Waals surface area (Å²) in [5.74, 6) is 0.134. The summed E-state index contributed by atoms with van der Waals surface area (Å²) in [5, 5.41) is 0.717. The average molecular weight is 306 g/mol. The van der Waals surface area contributed by atoms with Crippen molar-refractivity contribution >= 4 is 37.6 Å². The molecule has 0 spiro atoms. The van der Waals surface area contributed by atoms with Gasteiger partial charge in [0.1, 0.15) is 0 Å². The maximum Gasteiger partial charge on any atom is 0.176 e. The molecule has 0 aromatic heterocycles. The molecule has 3 heteroatoms. The van der Waals surface area contributed by atoms with E-state index in [1.807, 2.05) is 31.2 Å². The summed E-state index contributed by atoms with van der Waals surface area (Å²) in [4.78, 5) is 11.5. The van der Waals surface area contributed by atoms with Crippen molar-refractivity contribution in [1.29, 1.82) is 0 Å². The second kappa shape index (κ2) is 4.91. The first-order chi connectivity index (χ1) is 6.16. The molecule has 0 heterocycles. The Bertz CT molecular complexity index is 308. The van der Waals surface area contributed by atoms with Crippen LogP contribution in [0.3, 0.4) is 0 Å². The predicted octanol–water partition coefficient (Wildman–Crippen LogP) is 3.55. The molecule has 0 bridgehead atoms. The summed E-state index contributed by atoms with van der Waals surface area (Å²) >= 11 is 6.63. The molecule has 0 amide bonds. The van der Waals surface area contributed by atoms with Gasteiger partial charge in [0.15, 0.2) is 5.78 Å². The fourth-order valence-electron chi connectivity index (χ4n) is 1.09. The summed E-state index contributed by atoms with van der Waals surface area (Å²) < 4.78 is 0. The van der Waals surface area contributed by atoms with Crippen LogP contribution in [0.25, 0.3) is 0 Å². The molecule has 0 aliphatic carbocycles. The first-order valence-electron chi connectivity index (χ1n) is 3.99. The lowest BCUT2D eigenvalue weighted by atomic mass is 10.0. The van der Waals surface area contributed by atoms with E-state index in [9.17, 15) is 4.79 Å². The Hall–Kier alpha value is -0.150. The van der Waals surface area contributed by atoms with E-state index in [4.69, 9.17) is 0 Å². The van der Waals surface area contributed by atoms with Crippen LogP contribution in [-0.4, -0.2) is 10.6 Å². The third-order valence-corrected chi connectivity index (χ3v) is 2.81. The highest BCUT2D eigenvalue weighted by molar-refractivity contribution is 9.10. The van der Waals surface area contributed by atoms with E-state index in [0.29, 0.717) is 5.33 Å². The van der Waals surface area contributed by atoms with E-state index < -0.39 is 0 Å². The lowest BCUT2D eigenvalue weighted by Gasteiger charge is -2.06. The van der Waals surface area contributed by atoms with E-state index in [0.717, 1.165) is 11.1 Å². The van der Waals surface area contributed by atoms with Crippen molar-refractivity contribution in [1.82, 2.24) is 0 Å². The molecular formula is C10H10Br2O. The Morgan fingerprint density at radius 1 is 1.46 bits per heavy atom. The number of halogens is 2. The van der Waals surface area contributed by atoms with Crippen molar-refractivity contribution < 1.29 is 4.79 Å². The van der Waals surface area contributed by atoms with Crippen LogP contribution in [0.5, 0.6) is 0 Å². The minimum Gasteiger partial charge on any atom is -0.293 e. The van der Waals surface area contributed by atoms with Gasteiger partial charge in [-0.2, -0.15) is 0 Å². The Morgan fingerprint density at radius 3 is 2.62 bits per heavy atom. The monoisotopic (exact) mass is 304 g/mol. The molecule has 0 N–H and O–H groups in total. The van der Waals surface area contributed by atoms with Gasteiger partial charge in [0.25, 0.3) is 0 Å². The molecule has 13 heavy (non-hydrogen) atoms. The molecular weight excluding hydrogens is 296 g/mol. The van der Waals surface area contributed by atoms with Crippen LogP contribution < -0.4 is 0 Å². The number of hydrogen-bond donors (Lipinski definition) is 0. The van der Waals surface area contributed by atoms with E-state index in [1.54, 1.807) is 0 Å². The Kier molecular flexibility index (Phi) is 4.13. The third-order valence-electron chi connectivity index (χ3n) is 1.79.